The second-order valence-electron chi connectivity index (χ2n) is 3.64. The number of fused-ring (bicyclic) bond motifs is 1. The van der Waals surface area contributed by atoms with E-state index in [1.807, 2.05) is 25.2 Å². The maximum atomic E-state index is 13.1. The molecule has 15 heavy (non-hydrogen) atoms. The molecule has 0 amide bonds. The van der Waals surface area contributed by atoms with Crippen molar-refractivity contribution in [2.24, 2.45) is 0 Å². The number of likely N-dealkylation sites (N-methyl/N-ethyl adjacent to an activating group) is 1. The van der Waals surface area contributed by atoms with Gasteiger partial charge >= 0.3 is 0 Å². The van der Waals surface area contributed by atoms with Gasteiger partial charge in [0.25, 0.3) is 0 Å². The lowest BCUT2D eigenvalue weighted by atomic mass is 10.0. The van der Waals surface area contributed by atoms with Gasteiger partial charge in [0.2, 0.25) is 0 Å². The summed E-state index contributed by atoms with van der Waals surface area (Å²) in [5.41, 5.74) is 1.20. The zero-order valence-corrected chi connectivity index (χ0v) is 8.76. The summed E-state index contributed by atoms with van der Waals surface area (Å²) >= 11 is 0. The molecule has 2 rings (SSSR count). The Kier molecular flexibility index (Phi) is 2.97. The van der Waals surface area contributed by atoms with Crippen molar-refractivity contribution in [3.63, 3.8) is 0 Å². The third-order valence-corrected chi connectivity index (χ3v) is 2.58. The molecule has 78 valence electrons. The number of rotatable bonds is 3. The van der Waals surface area contributed by atoms with Crippen LogP contribution in [0.2, 0.25) is 0 Å². The summed E-state index contributed by atoms with van der Waals surface area (Å²) in [4.78, 5) is 0. The van der Waals surface area contributed by atoms with Gasteiger partial charge in [-0.15, -0.1) is 0 Å². The van der Waals surface area contributed by atoms with Crippen LogP contribution in [0.1, 0.15) is 5.56 Å². The summed E-state index contributed by atoms with van der Waals surface area (Å²) in [5.74, 6) is -0.167. The summed E-state index contributed by atoms with van der Waals surface area (Å²) < 4.78 is 13.1. The van der Waals surface area contributed by atoms with Crippen LogP contribution in [0, 0.1) is 5.82 Å². The highest BCUT2D eigenvalue weighted by atomic mass is 19.1. The molecule has 0 spiro atoms. The predicted octanol–water partition coefficient (Wildman–Crippen LogP) is 2.74. The largest absolute Gasteiger partial charge is 0.319 e. The van der Waals surface area contributed by atoms with E-state index in [4.69, 9.17) is 0 Å². The Balaban J connectivity index is 2.48. The van der Waals surface area contributed by atoms with E-state index in [1.54, 1.807) is 6.07 Å². The standard InChI is InChI=1S/C13H14FN/c1-15-8-7-11-4-2-3-10-5-6-12(14)9-13(10)11/h2-6,9,15H,7-8H2,1H3. The molecule has 0 unspecified atom stereocenters. The van der Waals surface area contributed by atoms with Crippen molar-refractivity contribution in [1.82, 2.24) is 5.32 Å². The predicted molar refractivity (Wildman–Crippen MR) is 61.5 cm³/mol. The Morgan fingerprint density at radius 2 is 2.07 bits per heavy atom. The first-order chi connectivity index (χ1) is 7.31. The molecule has 0 bridgehead atoms. The van der Waals surface area contributed by atoms with E-state index in [9.17, 15) is 4.39 Å². The van der Waals surface area contributed by atoms with Gasteiger partial charge in [0.05, 0.1) is 0 Å². The molecule has 1 nitrogen and oxygen atoms in total. The zero-order valence-electron chi connectivity index (χ0n) is 8.76. The molecule has 2 aromatic carbocycles. The summed E-state index contributed by atoms with van der Waals surface area (Å²) in [6.45, 7) is 0.912. The highest BCUT2D eigenvalue weighted by molar-refractivity contribution is 5.85. The molecule has 0 aliphatic carbocycles. The van der Waals surface area contributed by atoms with Crippen LogP contribution in [-0.4, -0.2) is 13.6 Å². The number of hydrogen-bond donors (Lipinski definition) is 1. The van der Waals surface area contributed by atoms with Gasteiger partial charge < -0.3 is 5.32 Å². The fourth-order valence-corrected chi connectivity index (χ4v) is 1.79. The molecule has 0 saturated heterocycles. The number of hydrogen-bond acceptors (Lipinski definition) is 1. The molecular formula is C13H14FN. The van der Waals surface area contributed by atoms with E-state index in [1.165, 1.54) is 11.6 Å². The number of halogens is 1. The Bertz CT molecular complexity index is 465. The van der Waals surface area contributed by atoms with Gasteiger partial charge in [0.15, 0.2) is 0 Å². The zero-order chi connectivity index (χ0) is 10.7. The molecular weight excluding hydrogens is 189 g/mol. The summed E-state index contributed by atoms with van der Waals surface area (Å²) in [7, 11) is 1.92. The van der Waals surface area contributed by atoms with Crippen LogP contribution in [0.4, 0.5) is 4.39 Å². The quantitative estimate of drug-likeness (QED) is 0.808. The molecule has 0 fully saturated rings. The highest BCUT2D eigenvalue weighted by Gasteiger charge is 2.01. The Morgan fingerprint density at radius 3 is 2.87 bits per heavy atom. The van der Waals surface area contributed by atoms with Crippen molar-refractivity contribution in [2.45, 2.75) is 6.42 Å². The summed E-state index contributed by atoms with van der Waals surface area (Å²) in [5, 5.41) is 5.22. The first-order valence-electron chi connectivity index (χ1n) is 5.13. The Morgan fingerprint density at radius 1 is 1.20 bits per heavy atom. The average molecular weight is 203 g/mol. The van der Waals surface area contributed by atoms with Gasteiger partial charge in [-0.05, 0) is 48.5 Å². The van der Waals surface area contributed by atoms with E-state index >= 15 is 0 Å². The molecule has 0 atom stereocenters. The molecule has 0 aliphatic heterocycles. The summed E-state index contributed by atoms with van der Waals surface area (Å²) in [6, 6.07) is 11.0. The van der Waals surface area contributed by atoms with Crippen molar-refractivity contribution in [3.05, 3.63) is 47.8 Å². The van der Waals surface area contributed by atoms with Gasteiger partial charge in [0.1, 0.15) is 5.82 Å². The van der Waals surface area contributed by atoms with Gasteiger partial charge in [-0.3, -0.25) is 0 Å². The third-order valence-electron chi connectivity index (χ3n) is 2.58. The highest BCUT2D eigenvalue weighted by Crippen LogP contribution is 2.20. The second kappa shape index (κ2) is 4.41. The lowest BCUT2D eigenvalue weighted by Crippen LogP contribution is -2.10. The van der Waals surface area contributed by atoms with E-state index < -0.39 is 0 Å². The van der Waals surface area contributed by atoms with Crippen LogP contribution in [-0.2, 0) is 6.42 Å². The van der Waals surface area contributed by atoms with Crippen molar-refractivity contribution < 1.29 is 4.39 Å². The molecule has 0 heterocycles. The van der Waals surface area contributed by atoms with Gasteiger partial charge in [-0.1, -0.05) is 24.3 Å². The second-order valence-corrected chi connectivity index (χ2v) is 3.64. The Labute approximate surface area is 88.9 Å². The minimum absolute atomic E-state index is 0.167. The summed E-state index contributed by atoms with van der Waals surface area (Å²) in [6.07, 6.45) is 0.928. The lowest BCUT2D eigenvalue weighted by molar-refractivity contribution is 0.629. The normalized spacial score (nSPS) is 10.8. The smallest absolute Gasteiger partial charge is 0.123 e. The van der Waals surface area contributed by atoms with E-state index in [2.05, 4.69) is 11.4 Å². The fourth-order valence-electron chi connectivity index (χ4n) is 1.79. The van der Waals surface area contributed by atoms with E-state index in [-0.39, 0.29) is 5.82 Å². The van der Waals surface area contributed by atoms with Gasteiger partial charge in [-0.25, -0.2) is 4.39 Å². The maximum absolute atomic E-state index is 13.1. The van der Waals surface area contributed by atoms with Crippen LogP contribution in [0.25, 0.3) is 10.8 Å². The van der Waals surface area contributed by atoms with Crippen LogP contribution in [0.15, 0.2) is 36.4 Å². The first-order valence-corrected chi connectivity index (χ1v) is 5.13. The van der Waals surface area contributed by atoms with Crippen LogP contribution in [0.3, 0.4) is 0 Å². The Hall–Kier alpha value is -1.41. The number of benzene rings is 2. The van der Waals surface area contributed by atoms with Gasteiger partial charge in [0, 0.05) is 0 Å². The SMILES string of the molecule is CNCCc1cccc2ccc(F)cc12. The molecule has 2 aromatic rings. The van der Waals surface area contributed by atoms with Crippen LogP contribution in [0.5, 0.6) is 0 Å². The van der Waals surface area contributed by atoms with Crippen molar-refractivity contribution in [3.8, 4) is 0 Å². The topological polar surface area (TPSA) is 12.0 Å². The maximum Gasteiger partial charge on any atom is 0.123 e. The average Bonchev–Trinajstić information content (AvgIpc) is 2.26. The first kappa shape index (κ1) is 10.1. The van der Waals surface area contributed by atoms with Crippen molar-refractivity contribution in [1.29, 1.82) is 0 Å². The monoisotopic (exact) mass is 203 g/mol. The van der Waals surface area contributed by atoms with E-state index in [0.717, 1.165) is 23.7 Å². The molecule has 0 aliphatic rings. The van der Waals surface area contributed by atoms with E-state index in [0.29, 0.717) is 0 Å². The minimum atomic E-state index is -0.167. The van der Waals surface area contributed by atoms with Crippen molar-refractivity contribution in [2.75, 3.05) is 13.6 Å². The molecule has 0 aromatic heterocycles. The fraction of sp³-hybridized carbons (Fsp3) is 0.231. The minimum Gasteiger partial charge on any atom is -0.319 e. The molecule has 0 saturated carbocycles. The molecule has 2 heteroatoms. The van der Waals surface area contributed by atoms with Crippen molar-refractivity contribution >= 4 is 10.8 Å². The molecule has 0 radical (unpaired) electrons. The lowest BCUT2D eigenvalue weighted by Gasteiger charge is -2.06. The van der Waals surface area contributed by atoms with Gasteiger partial charge in [-0.2, -0.15) is 0 Å². The molecule has 1 N–H and O–H groups in total. The number of nitrogens with one attached hydrogen (secondary N) is 1. The van der Waals surface area contributed by atoms with Crippen LogP contribution < -0.4 is 5.32 Å². The third kappa shape index (κ3) is 2.16. The van der Waals surface area contributed by atoms with Crippen LogP contribution >= 0.6 is 0 Å².